The summed E-state index contributed by atoms with van der Waals surface area (Å²) in [6, 6.07) is 9.69. The molecule has 0 saturated heterocycles. The molecule has 0 unspecified atom stereocenters. The minimum absolute atomic E-state index is 0.111. The Morgan fingerprint density at radius 2 is 1.85 bits per heavy atom. The van der Waals surface area contributed by atoms with Gasteiger partial charge in [0.15, 0.2) is 11.5 Å². The second kappa shape index (κ2) is 6.81. The Morgan fingerprint density at radius 1 is 1.04 bits per heavy atom. The number of H-pyrrole nitrogens is 1. The summed E-state index contributed by atoms with van der Waals surface area (Å²) in [7, 11) is 0. The average molecular weight is 376 g/mol. The van der Waals surface area contributed by atoms with E-state index in [1.165, 1.54) is 6.07 Å². The highest BCUT2D eigenvalue weighted by Gasteiger charge is 2.34. The van der Waals surface area contributed by atoms with Gasteiger partial charge in [-0.3, -0.25) is 0 Å². The maximum atomic E-state index is 13.5. The van der Waals surface area contributed by atoms with Crippen molar-refractivity contribution in [3.63, 3.8) is 0 Å². The van der Waals surface area contributed by atoms with Crippen molar-refractivity contribution in [1.29, 1.82) is 0 Å². The summed E-state index contributed by atoms with van der Waals surface area (Å²) >= 11 is 0. The molecule has 1 aliphatic rings. The molecule has 0 spiro atoms. The van der Waals surface area contributed by atoms with Crippen LogP contribution in [0.4, 0.5) is 13.2 Å². The smallest absolute Gasteiger partial charge is 0.418 e. The van der Waals surface area contributed by atoms with Gasteiger partial charge in [0.2, 0.25) is 6.79 Å². The number of hydrogen-bond donors (Lipinski definition) is 2. The fourth-order valence-corrected chi connectivity index (χ4v) is 3.51. The van der Waals surface area contributed by atoms with Crippen LogP contribution in [0.5, 0.6) is 11.5 Å². The van der Waals surface area contributed by atoms with Gasteiger partial charge >= 0.3 is 6.18 Å². The number of benzene rings is 2. The third kappa shape index (κ3) is 3.23. The van der Waals surface area contributed by atoms with Crippen molar-refractivity contribution in [2.75, 3.05) is 13.3 Å². The number of para-hydroxylation sites is 1. The normalized spacial score (nSPS) is 13.5. The molecule has 0 amide bonds. The van der Waals surface area contributed by atoms with Crippen molar-refractivity contribution in [2.45, 2.75) is 25.4 Å². The second-order valence-electron chi connectivity index (χ2n) is 6.52. The summed E-state index contributed by atoms with van der Waals surface area (Å²) in [5.74, 6) is 1.23. The predicted molar refractivity (Wildman–Crippen MR) is 96.9 cm³/mol. The summed E-state index contributed by atoms with van der Waals surface area (Å²) in [6.07, 6.45) is -2.17. The Bertz CT molecular complexity index is 979. The van der Waals surface area contributed by atoms with Crippen molar-refractivity contribution < 1.29 is 22.6 Å². The molecular weight excluding hydrogens is 357 g/mol. The lowest BCUT2D eigenvalue weighted by molar-refractivity contribution is -0.136. The molecule has 0 radical (unpaired) electrons. The van der Waals surface area contributed by atoms with E-state index >= 15 is 0 Å². The topological polar surface area (TPSA) is 60.3 Å². The predicted octanol–water partition coefficient (Wildman–Crippen LogP) is 4.86. The quantitative estimate of drug-likeness (QED) is 0.625. The van der Waals surface area contributed by atoms with Crippen molar-refractivity contribution >= 4 is 10.9 Å². The summed E-state index contributed by atoms with van der Waals surface area (Å²) in [6.45, 7) is 0.697. The number of unbranched alkanes of at least 4 members (excludes halogenated alkanes) is 1. The Hall–Kier alpha value is -2.67. The number of rotatable bonds is 5. The summed E-state index contributed by atoms with van der Waals surface area (Å²) in [5.41, 5.74) is 7.35. The van der Waals surface area contributed by atoms with Gasteiger partial charge in [-0.25, -0.2) is 0 Å². The molecule has 0 atom stereocenters. The molecule has 1 aliphatic heterocycles. The SMILES string of the molecule is NCCCCc1c(-c2ccc3c(c2)OCO3)[nH]c2c(C(F)(F)F)cccc12. The van der Waals surface area contributed by atoms with E-state index in [1.807, 2.05) is 6.07 Å². The average Bonchev–Trinajstić information content (AvgIpc) is 3.24. The fourth-order valence-electron chi connectivity index (χ4n) is 3.51. The number of nitrogens with two attached hydrogens (primary N) is 1. The van der Waals surface area contributed by atoms with E-state index < -0.39 is 11.7 Å². The first-order valence-corrected chi connectivity index (χ1v) is 8.80. The molecule has 3 aromatic rings. The molecule has 142 valence electrons. The molecule has 7 heteroatoms. The molecule has 0 aliphatic carbocycles. The van der Waals surface area contributed by atoms with Crippen molar-refractivity contribution in [1.82, 2.24) is 4.98 Å². The van der Waals surface area contributed by atoms with Gasteiger partial charge in [-0.1, -0.05) is 12.1 Å². The highest BCUT2D eigenvalue weighted by Crippen LogP contribution is 2.41. The first kappa shape index (κ1) is 17.7. The van der Waals surface area contributed by atoms with Crippen LogP contribution >= 0.6 is 0 Å². The Morgan fingerprint density at radius 3 is 2.63 bits per heavy atom. The Balaban J connectivity index is 1.88. The summed E-state index contributed by atoms with van der Waals surface area (Å²) in [5, 5.41) is 0.592. The minimum Gasteiger partial charge on any atom is -0.454 e. The standard InChI is InChI=1S/C20H19F3N2O2/c21-20(22,23)15-6-3-5-14-13(4-1-2-9-24)18(25-19(14)15)12-7-8-16-17(10-12)27-11-26-16/h3,5-8,10,25H,1-2,4,9,11,24H2. The van der Waals surface area contributed by atoms with Crippen molar-refractivity contribution in [3.8, 4) is 22.8 Å². The van der Waals surface area contributed by atoms with Gasteiger partial charge < -0.3 is 20.2 Å². The molecule has 2 aromatic carbocycles. The van der Waals surface area contributed by atoms with Gasteiger partial charge in [-0.15, -0.1) is 0 Å². The lowest BCUT2D eigenvalue weighted by Gasteiger charge is -2.07. The third-order valence-electron chi connectivity index (χ3n) is 4.79. The van der Waals surface area contributed by atoms with Gasteiger partial charge in [-0.2, -0.15) is 13.2 Å². The largest absolute Gasteiger partial charge is 0.454 e. The number of ether oxygens (including phenoxy) is 2. The van der Waals surface area contributed by atoms with E-state index in [4.69, 9.17) is 15.2 Å². The van der Waals surface area contributed by atoms with Crippen LogP contribution in [0.1, 0.15) is 24.0 Å². The second-order valence-corrected chi connectivity index (χ2v) is 6.52. The van der Waals surface area contributed by atoms with Crippen LogP contribution in [-0.4, -0.2) is 18.3 Å². The van der Waals surface area contributed by atoms with Crippen molar-refractivity contribution in [3.05, 3.63) is 47.5 Å². The van der Waals surface area contributed by atoms with E-state index in [-0.39, 0.29) is 12.3 Å². The zero-order valence-electron chi connectivity index (χ0n) is 14.5. The number of fused-ring (bicyclic) bond motifs is 2. The molecule has 1 aromatic heterocycles. The Labute approximate surface area is 154 Å². The van der Waals surface area contributed by atoms with Gasteiger partial charge in [0.05, 0.1) is 11.1 Å². The maximum Gasteiger partial charge on any atom is 0.418 e. The summed E-state index contributed by atoms with van der Waals surface area (Å²) < 4.78 is 51.2. The molecule has 0 bridgehead atoms. The van der Waals surface area contributed by atoms with Gasteiger partial charge in [0.25, 0.3) is 0 Å². The van der Waals surface area contributed by atoms with E-state index in [1.54, 1.807) is 18.2 Å². The lowest BCUT2D eigenvalue weighted by Crippen LogP contribution is -2.05. The molecule has 3 N–H and O–H groups in total. The third-order valence-corrected chi connectivity index (χ3v) is 4.79. The molecule has 0 fully saturated rings. The molecule has 0 saturated carbocycles. The molecule has 27 heavy (non-hydrogen) atoms. The van der Waals surface area contributed by atoms with Gasteiger partial charge in [0, 0.05) is 16.6 Å². The number of nitrogens with one attached hydrogen (secondary N) is 1. The van der Waals surface area contributed by atoms with E-state index in [0.717, 1.165) is 30.0 Å². The highest BCUT2D eigenvalue weighted by atomic mass is 19.4. The zero-order chi connectivity index (χ0) is 19.0. The van der Waals surface area contributed by atoms with Crippen LogP contribution in [0.15, 0.2) is 36.4 Å². The van der Waals surface area contributed by atoms with Crippen molar-refractivity contribution in [2.24, 2.45) is 5.73 Å². The van der Waals surface area contributed by atoms with Crippen LogP contribution in [0.3, 0.4) is 0 Å². The zero-order valence-corrected chi connectivity index (χ0v) is 14.5. The number of aromatic amines is 1. The van der Waals surface area contributed by atoms with E-state index in [9.17, 15) is 13.2 Å². The number of halogens is 3. The molecule has 4 rings (SSSR count). The van der Waals surface area contributed by atoms with Crippen LogP contribution in [0.2, 0.25) is 0 Å². The number of aryl methyl sites for hydroxylation is 1. The summed E-state index contributed by atoms with van der Waals surface area (Å²) in [4.78, 5) is 3.03. The Kier molecular flexibility index (Phi) is 4.47. The monoisotopic (exact) mass is 376 g/mol. The molecule has 4 nitrogen and oxygen atoms in total. The van der Waals surface area contributed by atoms with Gasteiger partial charge in [-0.05, 0) is 55.6 Å². The first-order valence-electron chi connectivity index (χ1n) is 8.80. The molecular formula is C20H19F3N2O2. The first-order chi connectivity index (χ1) is 13.0. The van der Waals surface area contributed by atoms with Crippen LogP contribution in [0, 0.1) is 0 Å². The fraction of sp³-hybridized carbons (Fsp3) is 0.300. The number of alkyl halides is 3. The molecule has 2 heterocycles. The number of aromatic nitrogens is 1. The lowest BCUT2D eigenvalue weighted by atomic mass is 9.99. The van der Waals surface area contributed by atoms with E-state index in [2.05, 4.69) is 4.98 Å². The highest BCUT2D eigenvalue weighted by molar-refractivity contribution is 5.93. The van der Waals surface area contributed by atoms with Gasteiger partial charge in [0.1, 0.15) is 0 Å². The van der Waals surface area contributed by atoms with Crippen LogP contribution in [0.25, 0.3) is 22.2 Å². The maximum absolute atomic E-state index is 13.5. The van der Waals surface area contributed by atoms with Crippen LogP contribution < -0.4 is 15.2 Å². The van der Waals surface area contributed by atoms with E-state index in [0.29, 0.717) is 35.5 Å². The van der Waals surface area contributed by atoms with Crippen LogP contribution in [-0.2, 0) is 12.6 Å². The number of hydrogen-bond acceptors (Lipinski definition) is 3. The minimum atomic E-state index is -4.43.